The number of pyridine rings is 1. The molecule has 3 amide bonds. The SMILES string of the molecule is CC(C)C[C@H](NC(=O)[C@H](Cc1ccncc1)NC(=O)[C@H](CCc1ccccc1)NC(=O)c1cc(CN2CCOCC2)on1)C(=O)[C@@]1(C)CO1. The zero-order valence-corrected chi connectivity index (χ0v) is 28.4. The molecule has 0 bridgehead atoms. The van der Waals surface area contributed by atoms with E-state index in [2.05, 4.69) is 31.0 Å². The minimum Gasteiger partial charge on any atom is -0.379 e. The number of nitrogens with zero attached hydrogens (tertiary/aromatic N) is 3. The Bertz CT molecular complexity index is 1550. The van der Waals surface area contributed by atoms with Crippen molar-refractivity contribution in [3.63, 3.8) is 0 Å². The summed E-state index contributed by atoms with van der Waals surface area (Å²) in [6.45, 7) is 9.19. The first-order valence-electron chi connectivity index (χ1n) is 16.9. The normalized spacial score (nSPS) is 19.4. The highest BCUT2D eigenvalue weighted by atomic mass is 16.6. The lowest BCUT2D eigenvalue weighted by molar-refractivity contribution is -0.133. The van der Waals surface area contributed by atoms with Crippen molar-refractivity contribution in [2.45, 2.75) is 76.7 Å². The largest absolute Gasteiger partial charge is 0.379 e. The molecule has 0 spiro atoms. The van der Waals surface area contributed by atoms with Crippen molar-refractivity contribution in [2.75, 3.05) is 32.9 Å². The first-order valence-corrected chi connectivity index (χ1v) is 16.9. The van der Waals surface area contributed by atoms with Gasteiger partial charge in [0.2, 0.25) is 11.8 Å². The summed E-state index contributed by atoms with van der Waals surface area (Å²) >= 11 is 0. The molecule has 4 heterocycles. The zero-order valence-electron chi connectivity index (χ0n) is 28.4. The molecule has 4 atom stereocenters. The number of epoxide rings is 1. The number of aromatic nitrogens is 2. The minimum atomic E-state index is -1.05. The van der Waals surface area contributed by atoms with Crippen LogP contribution >= 0.6 is 0 Å². The Labute approximate surface area is 286 Å². The summed E-state index contributed by atoms with van der Waals surface area (Å²) in [7, 11) is 0. The summed E-state index contributed by atoms with van der Waals surface area (Å²) in [5.41, 5.74) is 0.880. The maximum absolute atomic E-state index is 14.0. The molecule has 0 saturated carbocycles. The second-order valence-electron chi connectivity index (χ2n) is 13.3. The van der Waals surface area contributed by atoms with E-state index in [4.69, 9.17) is 14.0 Å². The number of amides is 3. The molecule has 2 aromatic heterocycles. The van der Waals surface area contributed by atoms with E-state index in [1.807, 2.05) is 44.2 Å². The van der Waals surface area contributed by atoms with Crippen LogP contribution in [0, 0.1) is 5.92 Å². The second kappa shape index (κ2) is 16.8. The molecule has 0 radical (unpaired) electrons. The van der Waals surface area contributed by atoms with Crippen LogP contribution in [0.5, 0.6) is 0 Å². The third-order valence-corrected chi connectivity index (χ3v) is 8.72. The van der Waals surface area contributed by atoms with E-state index in [1.165, 1.54) is 0 Å². The first kappa shape index (κ1) is 35.8. The van der Waals surface area contributed by atoms with E-state index in [9.17, 15) is 19.2 Å². The van der Waals surface area contributed by atoms with E-state index in [0.717, 1.165) is 24.2 Å². The highest BCUT2D eigenvalue weighted by Crippen LogP contribution is 2.29. The Morgan fingerprint density at radius 1 is 0.898 bits per heavy atom. The Morgan fingerprint density at radius 3 is 2.24 bits per heavy atom. The van der Waals surface area contributed by atoms with Crippen LogP contribution in [0.3, 0.4) is 0 Å². The van der Waals surface area contributed by atoms with Crippen LogP contribution in [0.2, 0.25) is 0 Å². The number of Topliss-reactive ketones (excluding diaryl/α,β-unsaturated/α-hetero) is 1. The average molecular weight is 675 g/mol. The van der Waals surface area contributed by atoms with Crippen LogP contribution in [0.4, 0.5) is 0 Å². The van der Waals surface area contributed by atoms with Gasteiger partial charge in [0.25, 0.3) is 5.91 Å². The first-order chi connectivity index (χ1) is 23.6. The molecule has 1 aromatic carbocycles. The summed E-state index contributed by atoms with van der Waals surface area (Å²) < 4.78 is 16.2. The lowest BCUT2D eigenvalue weighted by Crippen LogP contribution is -2.57. The second-order valence-corrected chi connectivity index (χ2v) is 13.3. The van der Waals surface area contributed by atoms with Gasteiger partial charge in [-0.05, 0) is 55.4 Å². The Morgan fingerprint density at radius 2 is 1.57 bits per heavy atom. The predicted molar refractivity (Wildman–Crippen MR) is 179 cm³/mol. The number of carbonyl (C=O) groups is 4. The molecule has 13 heteroatoms. The molecule has 0 unspecified atom stereocenters. The average Bonchev–Trinajstić information content (AvgIpc) is 3.68. The maximum atomic E-state index is 14.0. The standard InChI is InChI=1S/C36H46N6O7/c1-24(2)19-29(32(43)36(3)23-48-36)39-34(45)30(20-26-11-13-37-14-12-26)40-33(44)28(10-9-25-7-5-4-6-8-25)38-35(46)31-21-27(49-41-31)22-42-15-17-47-18-16-42/h4-8,11-14,21,24,28-30H,9-10,15-20,22-23H2,1-3H3,(H,38,46)(H,39,45)(H,40,44)/t28-,29-,30-,36+/m0/s1. The van der Waals surface area contributed by atoms with Crippen molar-refractivity contribution in [1.82, 2.24) is 31.0 Å². The van der Waals surface area contributed by atoms with Crippen LogP contribution in [-0.2, 0) is 43.2 Å². The molecule has 262 valence electrons. The van der Waals surface area contributed by atoms with Gasteiger partial charge in [0.15, 0.2) is 17.2 Å². The van der Waals surface area contributed by atoms with Gasteiger partial charge in [-0.25, -0.2) is 0 Å². The maximum Gasteiger partial charge on any atom is 0.274 e. The molecule has 49 heavy (non-hydrogen) atoms. The van der Waals surface area contributed by atoms with Gasteiger partial charge in [0.05, 0.1) is 32.4 Å². The third-order valence-electron chi connectivity index (χ3n) is 8.72. The molecule has 2 aliphatic heterocycles. The number of hydrogen-bond donors (Lipinski definition) is 3. The van der Waals surface area contributed by atoms with Crippen LogP contribution in [-0.4, -0.2) is 95.2 Å². The summed E-state index contributed by atoms with van der Waals surface area (Å²) in [5, 5.41) is 12.6. The highest BCUT2D eigenvalue weighted by molar-refractivity contribution is 5.99. The number of carbonyl (C=O) groups excluding carboxylic acids is 4. The molecular weight excluding hydrogens is 628 g/mol. The number of nitrogens with one attached hydrogen (secondary N) is 3. The number of aryl methyl sites for hydroxylation is 1. The number of ether oxygens (including phenoxy) is 2. The lowest BCUT2D eigenvalue weighted by Gasteiger charge is -2.26. The summed E-state index contributed by atoms with van der Waals surface area (Å²) in [5.74, 6) is -1.17. The summed E-state index contributed by atoms with van der Waals surface area (Å²) in [6.07, 6.45) is 4.52. The van der Waals surface area contributed by atoms with Crippen LogP contribution < -0.4 is 16.0 Å². The van der Waals surface area contributed by atoms with Crippen molar-refractivity contribution in [3.05, 3.63) is 83.5 Å². The topological polar surface area (TPSA) is 168 Å². The number of hydrogen-bond acceptors (Lipinski definition) is 10. The molecule has 3 N–H and O–H groups in total. The van der Waals surface area contributed by atoms with E-state index in [1.54, 1.807) is 37.5 Å². The van der Waals surface area contributed by atoms with Gasteiger partial charge in [-0.2, -0.15) is 0 Å². The van der Waals surface area contributed by atoms with Crippen LogP contribution in [0.1, 0.15) is 61.0 Å². The fourth-order valence-corrected chi connectivity index (χ4v) is 5.76. The number of ketones is 1. The molecule has 2 fully saturated rings. The Balaban J connectivity index is 1.32. The monoisotopic (exact) mass is 674 g/mol. The fourth-order valence-electron chi connectivity index (χ4n) is 5.76. The Hall–Kier alpha value is -4.46. The lowest BCUT2D eigenvalue weighted by atomic mass is 9.93. The molecule has 2 saturated heterocycles. The minimum absolute atomic E-state index is 0.0534. The highest BCUT2D eigenvalue weighted by Gasteiger charge is 2.50. The number of rotatable bonds is 17. The van der Waals surface area contributed by atoms with Crippen molar-refractivity contribution in [3.8, 4) is 0 Å². The van der Waals surface area contributed by atoms with Gasteiger partial charge in [-0.15, -0.1) is 0 Å². The molecule has 13 nitrogen and oxygen atoms in total. The number of benzene rings is 1. The van der Waals surface area contributed by atoms with Gasteiger partial charge < -0.3 is 29.9 Å². The summed E-state index contributed by atoms with van der Waals surface area (Å²) in [4.78, 5) is 60.8. The van der Waals surface area contributed by atoms with Gasteiger partial charge in [-0.3, -0.25) is 29.1 Å². The van der Waals surface area contributed by atoms with E-state index in [-0.39, 0.29) is 30.2 Å². The van der Waals surface area contributed by atoms with Crippen molar-refractivity contribution in [1.29, 1.82) is 0 Å². The fraction of sp³-hybridized carbons (Fsp3) is 0.500. The smallest absolute Gasteiger partial charge is 0.274 e. The van der Waals surface area contributed by atoms with E-state index >= 15 is 0 Å². The van der Waals surface area contributed by atoms with E-state index < -0.39 is 41.4 Å². The van der Waals surface area contributed by atoms with E-state index in [0.29, 0.717) is 45.0 Å². The van der Waals surface area contributed by atoms with Crippen LogP contribution in [0.25, 0.3) is 0 Å². The van der Waals surface area contributed by atoms with Gasteiger partial charge in [0, 0.05) is 38.0 Å². The quantitative estimate of drug-likeness (QED) is 0.181. The van der Waals surface area contributed by atoms with Gasteiger partial charge in [0.1, 0.15) is 17.7 Å². The van der Waals surface area contributed by atoms with Crippen LogP contribution in [0.15, 0.2) is 65.4 Å². The molecule has 2 aliphatic rings. The van der Waals surface area contributed by atoms with Crippen molar-refractivity contribution < 1.29 is 33.2 Å². The van der Waals surface area contributed by atoms with Gasteiger partial charge in [-0.1, -0.05) is 49.3 Å². The third kappa shape index (κ3) is 10.5. The molecular formula is C36H46N6O7. The molecule has 0 aliphatic carbocycles. The summed E-state index contributed by atoms with van der Waals surface area (Å²) in [6, 6.07) is 11.9. The number of morpholine rings is 1. The van der Waals surface area contributed by atoms with Crippen molar-refractivity contribution in [2.24, 2.45) is 5.92 Å². The zero-order chi connectivity index (χ0) is 34.8. The molecule has 5 rings (SSSR count). The molecule has 3 aromatic rings. The Kier molecular flexibility index (Phi) is 12.3. The predicted octanol–water partition coefficient (Wildman–Crippen LogP) is 2.25. The van der Waals surface area contributed by atoms with Gasteiger partial charge >= 0.3 is 0 Å². The van der Waals surface area contributed by atoms with Crippen molar-refractivity contribution >= 4 is 23.5 Å².